The Morgan fingerprint density at radius 1 is 1.23 bits per heavy atom. The predicted molar refractivity (Wildman–Crippen MR) is 87.0 cm³/mol. The number of carbonyl (C=O) groups is 2. The summed E-state index contributed by atoms with van der Waals surface area (Å²) in [4.78, 5) is 23.9. The van der Waals surface area contributed by atoms with Crippen LogP contribution in [0, 0.1) is 0 Å². The molecule has 2 rings (SSSR count). The molecule has 0 bridgehead atoms. The maximum absolute atomic E-state index is 11.8. The van der Waals surface area contributed by atoms with Crippen LogP contribution in [0.4, 0.5) is 10.5 Å². The van der Waals surface area contributed by atoms with Gasteiger partial charge in [-0.25, -0.2) is 9.59 Å². The largest absolute Gasteiger partial charge is 0.494 e. The molecule has 6 nitrogen and oxygen atoms in total. The molecule has 0 aliphatic heterocycles. The van der Waals surface area contributed by atoms with E-state index in [-0.39, 0.29) is 12.1 Å². The van der Waals surface area contributed by atoms with E-state index < -0.39 is 5.97 Å². The maximum atomic E-state index is 11.8. The van der Waals surface area contributed by atoms with Crippen LogP contribution in [0.15, 0.2) is 18.2 Å². The van der Waals surface area contributed by atoms with Crippen molar-refractivity contribution < 1.29 is 19.1 Å². The van der Waals surface area contributed by atoms with E-state index in [2.05, 4.69) is 10.6 Å². The highest BCUT2D eigenvalue weighted by atomic mass is 32.1. The Labute approximate surface area is 132 Å². The molecule has 0 unspecified atom stereocenters. The summed E-state index contributed by atoms with van der Waals surface area (Å²) in [6.45, 7) is 3.76. The normalized spacial score (nSPS) is 10.6. The fourth-order valence-corrected chi connectivity index (χ4v) is 3.08. The summed E-state index contributed by atoms with van der Waals surface area (Å²) in [6.07, 6.45) is 0. The maximum Gasteiger partial charge on any atom is 0.351 e. The van der Waals surface area contributed by atoms with Crippen LogP contribution in [0.2, 0.25) is 0 Å². The molecule has 7 heteroatoms. The summed E-state index contributed by atoms with van der Waals surface area (Å²) in [5, 5.41) is 6.26. The first kappa shape index (κ1) is 16.1. The molecule has 0 atom stereocenters. The van der Waals surface area contributed by atoms with Gasteiger partial charge in [-0.05, 0) is 32.0 Å². The third-order valence-corrected chi connectivity index (χ3v) is 4.03. The molecule has 2 amide bonds. The lowest BCUT2D eigenvalue weighted by atomic mass is 10.2. The minimum absolute atomic E-state index is 0.0466. The predicted octanol–water partition coefficient (Wildman–Crippen LogP) is 3.23. The third-order valence-electron chi connectivity index (χ3n) is 2.89. The number of hydrogen-bond donors (Lipinski definition) is 2. The van der Waals surface area contributed by atoms with E-state index >= 15 is 0 Å². The van der Waals surface area contributed by atoms with Gasteiger partial charge in [-0.3, -0.25) is 0 Å². The molecule has 0 aliphatic carbocycles. The van der Waals surface area contributed by atoms with Crippen molar-refractivity contribution >= 4 is 39.1 Å². The molecule has 1 aromatic carbocycles. The number of thiophene rings is 1. The van der Waals surface area contributed by atoms with E-state index in [1.807, 2.05) is 19.9 Å². The van der Waals surface area contributed by atoms with E-state index in [0.29, 0.717) is 16.3 Å². The molecular weight excluding hydrogens is 304 g/mol. The zero-order valence-electron chi connectivity index (χ0n) is 12.9. The second-order valence-corrected chi connectivity index (χ2v) is 5.97. The van der Waals surface area contributed by atoms with E-state index in [1.165, 1.54) is 25.6 Å². The number of nitrogens with one attached hydrogen (secondary N) is 2. The van der Waals surface area contributed by atoms with Gasteiger partial charge in [-0.2, -0.15) is 0 Å². The van der Waals surface area contributed by atoms with Crippen molar-refractivity contribution in [1.82, 2.24) is 5.32 Å². The quantitative estimate of drug-likeness (QED) is 0.847. The molecule has 0 fully saturated rings. The number of urea groups is 1. The van der Waals surface area contributed by atoms with Crippen molar-refractivity contribution in [3.8, 4) is 5.75 Å². The summed E-state index contributed by atoms with van der Waals surface area (Å²) in [5.74, 6) is 0.0184. The minimum atomic E-state index is -0.440. The van der Waals surface area contributed by atoms with Crippen molar-refractivity contribution in [3.05, 3.63) is 23.1 Å². The van der Waals surface area contributed by atoms with Gasteiger partial charge in [-0.15, -0.1) is 11.3 Å². The number of amides is 2. The van der Waals surface area contributed by atoms with Gasteiger partial charge in [0.25, 0.3) is 0 Å². The molecule has 1 aromatic heterocycles. The van der Waals surface area contributed by atoms with Crippen LogP contribution in [0.1, 0.15) is 23.5 Å². The van der Waals surface area contributed by atoms with Gasteiger partial charge in [-0.1, -0.05) is 0 Å². The Morgan fingerprint density at radius 2 is 1.95 bits per heavy atom. The third kappa shape index (κ3) is 3.30. The molecule has 0 aliphatic rings. The number of hydrogen-bond acceptors (Lipinski definition) is 5. The van der Waals surface area contributed by atoms with Gasteiger partial charge in [0, 0.05) is 21.8 Å². The fourth-order valence-electron chi connectivity index (χ4n) is 2.01. The highest BCUT2D eigenvalue weighted by Gasteiger charge is 2.20. The van der Waals surface area contributed by atoms with E-state index in [1.54, 1.807) is 12.1 Å². The standard InChI is InChI=1S/C15H18N2O4S/c1-8(2)16-15(19)17-9-5-6-11-10(7-9)12(20-3)13(22-11)14(18)21-4/h5-8H,1-4H3,(H2,16,17,19). The van der Waals surface area contributed by atoms with Crippen molar-refractivity contribution in [2.24, 2.45) is 0 Å². The smallest absolute Gasteiger partial charge is 0.351 e. The molecule has 1 heterocycles. The van der Waals surface area contributed by atoms with Gasteiger partial charge in [0.05, 0.1) is 14.2 Å². The van der Waals surface area contributed by atoms with Crippen LogP contribution < -0.4 is 15.4 Å². The van der Waals surface area contributed by atoms with Crippen molar-refractivity contribution in [1.29, 1.82) is 0 Å². The fraction of sp³-hybridized carbons (Fsp3) is 0.333. The summed E-state index contributed by atoms with van der Waals surface area (Å²) in [5.41, 5.74) is 0.623. The van der Waals surface area contributed by atoms with Crippen LogP contribution in [0.5, 0.6) is 5.75 Å². The van der Waals surface area contributed by atoms with Gasteiger partial charge >= 0.3 is 12.0 Å². The molecule has 0 radical (unpaired) electrons. The number of carbonyl (C=O) groups excluding carboxylic acids is 2. The summed E-state index contributed by atoms with van der Waals surface area (Å²) in [7, 11) is 2.83. The van der Waals surface area contributed by atoms with Gasteiger partial charge in [0.15, 0.2) is 10.6 Å². The lowest BCUT2D eigenvalue weighted by Gasteiger charge is -2.10. The topological polar surface area (TPSA) is 76.7 Å². The van der Waals surface area contributed by atoms with Crippen LogP contribution in [0.25, 0.3) is 10.1 Å². The second kappa shape index (κ2) is 6.65. The van der Waals surface area contributed by atoms with Gasteiger partial charge < -0.3 is 20.1 Å². The first-order chi connectivity index (χ1) is 10.5. The van der Waals surface area contributed by atoms with Crippen LogP contribution in [0.3, 0.4) is 0 Å². The highest BCUT2D eigenvalue weighted by molar-refractivity contribution is 7.21. The molecule has 2 N–H and O–H groups in total. The summed E-state index contributed by atoms with van der Waals surface area (Å²) < 4.78 is 11.0. The van der Waals surface area contributed by atoms with E-state index in [9.17, 15) is 9.59 Å². The van der Waals surface area contributed by atoms with Crippen molar-refractivity contribution in [2.45, 2.75) is 19.9 Å². The number of rotatable bonds is 4. The lowest BCUT2D eigenvalue weighted by Crippen LogP contribution is -2.34. The molecule has 0 saturated carbocycles. The number of methoxy groups -OCH3 is 2. The summed E-state index contributed by atoms with van der Waals surface area (Å²) >= 11 is 1.29. The molecular formula is C15H18N2O4S. The van der Waals surface area contributed by atoms with Gasteiger partial charge in [0.1, 0.15) is 0 Å². The number of fused-ring (bicyclic) bond motifs is 1. The number of anilines is 1. The first-order valence-corrected chi connectivity index (χ1v) is 7.54. The number of esters is 1. The zero-order chi connectivity index (χ0) is 16.3. The SMILES string of the molecule is COC(=O)c1sc2ccc(NC(=O)NC(C)C)cc2c1OC. The summed E-state index contributed by atoms with van der Waals surface area (Å²) in [6, 6.07) is 5.15. The average Bonchev–Trinajstić information content (AvgIpc) is 2.83. The zero-order valence-corrected chi connectivity index (χ0v) is 13.7. The van der Waals surface area contributed by atoms with Crippen LogP contribution >= 0.6 is 11.3 Å². The number of benzene rings is 1. The van der Waals surface area contributed by atoms with E-state index in [0.717, 1.165) is 10.1 Å². The molecule has 22 heavy (non-hydrogen) atoms. The lowest BCUT2D eigenvalue weighted by molar-refractivity contribution is 0.0603. The average molecular weight is 322 g/mol. The Kier molecular flexibility index (Phi) is 4.87. The van der Waals surface area contributed by atoms with Gasteiger partial charge in [0.2, 0.25) is 0 Å². The molecule has 118 valence electrons. The van der Waals surface area contributed by atoms with Crippen LogP contribution in [-0.2, 0) is 4.74 Å². The monoisotopic (exact) mass is 322 g/mol. The second-order valence-electron chi connectivity index (χ2n) is 4.92. The Hall–Kier alpha value is -2.28. The molecule has 0 spiro atoms. The highest BCUT2D eigenvalue weighted by Crippen LogP contribution is 2.39. The first-order valence-electron chi connectivity index (χ1n) is 6.72. The Balaban J connectivity index is 2.37. The van der Waals surface area contributed by atoms with Crippen molar-refractivity contribution in [2.75, 3.05) is 19.5 Å². The van der Waals surface area contributed by atoms with Crippen molar-refractivity contribution in [3.63, 3.8) is 0 Å². The van der Waals surface area contributed by atoms with E-state index in [4.69, 9.17) is 9.47 Å². The van der Waals surface area contributed by atoms with Crippen LogP contribution in [-0.4, -0.2) is 32.3 Å². The number of ether oxygens (including phenoxy) is 2. The Bertz CT molecular complexity index is 709. The minimum Gasteiger partial charge on any atom is -0.494 e. The molecule has 2 aromatic rings. The molecule has 0 saturated heterocycles. The Morgan fingerprint density at radius 3 is 2.55 bits per heavy atom.